The smallest absolute Gasteiger partial charge is 0.340 e. The Bertz CT molecular complexity index is 726. The van der Waals surface area contributed by atoms with Gasteiger partial charge in [0.1, 0.15) is 0 Å². The van der Waals surface area contributed by atoms with Crippen molar-refractivity contribution < 1.29 is 24.0 Å². The predicted octanol–water partition coefficient (Wildman–Crippen LogP) is 3.03. The second kappa shape index (κ2) is 6.62. The maximum atomic E-state index is 12.3. The van der Waals surface area contributed by atoms with E-state index >= 15 is 0 Å². The van der Waals surface area contributed by atoms with Crippen molar-refractivity contribution in [3.05, 3.63) is 29.8 Å². The van der Waals surface area contributed by atoms with Crippen molar-refractivity contribution in [3.8, 4) is 0 Å². The van der Waals surface area contributed by atoms with Crippen LogP contribution in [0, 0.1) is 0 Å². The molecule has 0 radical (unpaired) electrons. The first-order valence-electron chi connectivity index (χ1n) is 7.78. The van der Waals surface area contributed by atoms with Crippen LogP contribution in [0.4, 0.5) is 5.69 Å². The lowest BCUT2D eigenvalue weighted by Gasteiger charge is -2.23. The van der Waals surface area contributed by atoms with E-state index < -0.39 is 23.6 Å². The Kier molecular flexibility index (Phi) is 4.92. The number of esters is 1. The lowest BCUT2D eigenvalue weighted by atomic mass is 9.97. The van der Waals surface area contributed by atoms with Gasteiger partial charge in [-0.15, -0.1) is 10.2 Å². The molecule has 1 heterocycles. The molecule has 0 saturated heterocycles. The molecule has 8 heteroatoms. The normalized spacial score (nSPS) is 20.8. The van der Waals surface area contributed by atoms with Crippen molar-refractivity contribution in [3.63, 3.8) is 0 Å². The monoisotopic (exact) mass is 347 g/mol. The van der Waals surface area contributed by atoms with Gasteiger partial charge < -0.3 is 9.57 Å². The molecule has 0 aliphatic carbocycles. The summed E-state index contributed by atoms with van der Waals surface area (Å²) in [6.45, 7) is 7.99. The Morgan fingerprint density at radius 2 is 1.64 bits per heavy atom. The minimum absolute atomic E-state index is 0.288. The fourth-order valence-electron chi connectivity index (χ4n) is 2.59. The van der Waals surface area contributed by atoms with Crippen molar-refractivity contribution in [1.82, 2.24) is 0 Å². The number of amides is 1. The van der Waals surface area contributed by atoms with E-state index in [4.69, 9.17) is 9.57 Å². The summed E-state index contributed by atoms with van der Waals surface area (Å²) in [6.07, 6.45) is 0.494. The fraction of sp³-hybridized carbons (Fsp3) is 0.471. The number of hydrogen-bond acceptors (Lipinski definition) is 7. The zero-order valence-electron chi connectivity index (χ0n) is 14.9. The maximum Gasteiger partial charge on any atom is 0.340 e. The minimum atomic E-state index is -0.998. The number of anilines is 1. The van der Waals surface area contributed by atoms with E-state index in [9.17, 15) is 14.4 Å². The van der Waals surface area contributed by atoms with Gasteiger partial charge in [-0.1, -0.05) is 0 Å². The number of benzene rings is 1. The second-order valence-electron chi connectivity index (χ2n) is 6.70. The minimum Gasteiger partial charge on any atom is -0.432 e. The number of rotatable bonds is 3. The summed E-state index contributed by atoms with van der Waals surface area (Å²) < 4.78 is 5.47. The summed E-state index contributed by atoms with van der Waals surface area (Å²) in [5, 5.41) is 9.02. The first kappa shape index (κ1) is 18.6. The zero-order valence-corrected chi connectivity index (χ0v) is 14.9. The van der Waals surface area contributed by atoms with Gasteiger partial charge in [-0.05, 0) is 45.0 Å². The Morgan fingerprint density at radius 1 is 1.04 bits per heavy atom. The lowest BCUT2D eigenvalue weighted by Crippen LogP contribution is -2.32. The third kappa shape index (κ3) is 4.62. The average molecular weight is 347 g/mol. The third-order valence-electron chi connectivity index (χ3n) is 3.45. The van der Waals surface area contributed by atoms with E-state index in [0.717, 1.165) is 5.06 Å². The summed E-state index contributed by atoms with van der Waals surface area (Å²) >= 11 is 0. The number of hydroxylamine groups is 1. The van der Waals surface area contributed by atoms with Crippen molar-refractivity contribution in [2.45, 2.75) is 52.3 Å². The quantitative estimate of drug-likeness (QED) is 0.618. The summed E-state index contributed by atoms with van der Waals surface area (Å²) in [6, 6.07) is 5.95. The highest BCUT2D eigenvalue weighted by Crippen LogP contribution is 2.36. The van der Waals surface area contributed by atoms with E-state index in [-0.39, 0.29) is 11.1 Å². The number of carbonyl (C=O) groups is 3. The highest BCUT2D eigenvalue weighted by atomic mass is 16.7. The summed E-state index contributed by atoms with van der Waals surface area (Å²) in [5.41, 5.74) is -0.754. The molecule has 0 bridgehead atoms. The maximum absolute atomic E-state index is 12.3. The van der Waals surface area contributed by atoms with Crippen LogP contribution < -0.4 is 5.06 Å². The molecule has 0 spiro atoms. The third-order valence-corrected chi connectivity index (χ3v) is 3.45. The molecule has 0 fully saturated rings. The molecule has 2 rings (SSSR count). The summed E-state index contributed by atoms with van der Waals surface area (Å²) in [5.74, 6) is -1.64. The molecule has 0 N–H and O–H groups in total. The van der Waals surface area contributed by atoms with E-state index in [0.29, 0.717) is 12.1 Å². The highest BCUT2D eigenvalue weighted by Gasteiger charge is 2.41. The molecule has 25 heavy (non-hydrogen) atoms. The Labute approximate surface area is 145 Å². The Hall–Kier alpha value is -2.77. The first-order chi connectivity index (χ1) is 11.5. The number of hydrogen-bond donors (Lipinski definition) is 0. The lowest BCUT2D eigenvalue weighted by molar-refractivity contribution is -0.147. The number of nitrogens with zero attached hydrogens (tertiary/aromatic N) is 3. The van der Waals surface area contributed by atoms with Crippen LogP contribution in [0.5, 0.6) is 0 Å². The van der Waals surface area contributed by atoms with Crippen molar-refractivity contribution in [2.24, 2.45) is 10.2 Å². The van der Waals surface area contributed by atoms with Crippen molar-refractivity contribution >= 4 is 23.5 Å². The van der Waals surface area contributed by atoms with Crippen LogP contribution in [-0.4, -0.2) is 29.1 Å². The topological polar surface area (TPSA) is 97.6 Å². The molecule has 1 amide bonds. The molecule has 1 aromatic rings. The molecule has 1 aliphatic heterocycles. The summed E-state index contributed by atoms with van der Waals surface area (Å²) in [4.78, 5) is 39.8. The molecule has 1 unspecified atom stereocenters. The predicted molar refractivity (Wildman–Crippen MR) is 88.7 cm³/mol. The van der Waals surface area contributed by atoms with Gasteiger partial charge >= 0.3 is 11.9 Å². The number of ether oxygens (including phenoxy) is 1. The zero-order chi connectivity index (χ0) is 18.8. The van der Waals surface area contributed by atoms with Gasteiger partial charge in [0, 0.05) is 20.3 Å². The average Bonchev–Trinajstić information content (AvgIpc) is 2.77. The summed E-state index contributed by atoms with van der Waals surface area (Å²) in [7, 11) is 0. The van der Waals surface area contributed by atoms with Gasteiger partial charge in [0.05, 0.1) is 16.8 Å². The number of carbonyl (C=O) groups excluding carboxylic acids is 3. The Balaban J connectivity index is 2.11. The van der Waals surface area contributed by atoms with Crippen LogP contribution in [0.3, 0.4) is 0 Å². The molecule has 1 aromatic carbocycles. The van der Waals surface area contributed by atoms with Crippen LogP contribution in [0.2, 0.25) is 0 Å². The van der Waals surface area contributed by atoms with Crippen LogP contribution in [-0.2, 0) is 19.2 Å². The van der Waals surface area contributed by atoms with E-state index in [2.05, 4.69) is 10.2 Å². The van der Waals surface area contributed by atoms with E-state index in [1.807, 2.05) is 13.8 Å². The van der Waals surface area contributed by atoms with E-state index in [1.165, 1.54) is 38.1 Å². The second-order valence-corrected chi connectivity index (χ2v) is 6.70. The fourth-order valence-corrected chi connectivity index (χ4v) is 2.59. The molecule has 1 aliphatic rings. The van der Waals surface area contributed by atoms with Gasteiger partial charge in [-0.3, -0.25) is 4.79 Å². The van der Waals surface area contributed by atoms with Gasteiger partial charge in [0.2, 0.25) is 5.72 Å². The van der Waals surface area contributed by atoms with Crippen LogP contribution in [0.15, 0.2) is 34.5 Å². The molecule has 134 valence electrons. The van der Waals surface area contributed by atoms with Crippen LogP contribution >= 0.6 is 0 Å². The molecule has 8 nitrogen and oxygen atoms in total. The molecule has 1 atom stereocenters. The van der Waals surface area contributed by atoms with Crippen molar-refractivity contribution in [2.75, 3.05) is 5.06 Å². The molecule has 0 aromatic heterocycles. The van der Waals surface area contributed by atoms with Gasteiger partial charge in [-0.2, -0.15) is 5.11 Å². The SMILES string of the molecule is CC(=O)ON(C(C)=O)c1ccc(C(=O)OC2(C)CC(C)(C)N=N2)cc1. The van der Waals surface area contributed by atoms with Crippen LogP contribution in [0.25, 0.3) is 0 Å². The first-order valence-corrected chi connectivity index (χ1v) is 7.78. The molecular weight excluding hydrogens is 326 g/mol. The highest BCUT2D eigenvalue weighted by molar-refractivity contribution is 5.93. The van der Waals surface area contributed by atoms with E-state index in [1.54, 1.807) is 6.92 Å². The van der Waals surface area contributed by atoms with Gasteiger partial charge in [0.15, 0.2) is 0 Å². The van der Waals surface area contributed by atoms with Gasteiger partial charge in [0.25, 0.3) is 5.91 Å². The van der Waals surface area contributed by atoms with Crippen LogP contribution in [0.1, 0.15) is 51.4 Å². The standard InChI is InChI=1S/C17H21N3O5/c1-11(21)20(25-12(2)22)14-8-6-13(7-9-14)15(23)24-17(5)10-16(3,4)18-19-17/h6-9H,10H2,1-5H3. The molecule has 0 saturated carbocycles. The number of azo groups is 1. The largest absolute Gasteiger partial charge is 0.432 e. The molecular formula is C17H21N3O5. The van der Waals surface area contributed by atoms with Gasteiger partial charge in [-0.25, -0.2) is 9.59 Å². The Morgan fingerprint density at radius 3 is 2.08 bits per heavy atom. The van der Waals surface area contributed by atoms with Crippen molar-refractivity contribution in [1.29, 1.82) is 0 Å².